The molecule has 1 spiro atoms. The minimum atomic E-state index is 0.436. The fourth-order valence-electron chi connectivity index (χ4n) is 6.92. The predicted octanol–water partition coefficient (Wildman–Crippen LogP) is 5.52. The minimum Gasteiger partial charge on any atom is -0.349 e. The molecule has 1 aromatic carbocycles. The van der Waals surface area contributed by atoms with Crippen LogP contribution in [-0.4, -0.2) is 74.4 Å². The first-order valence-corrected chi connectivity index (χ1v) is 16.1. The maximum Gasteiger partial charge on any atom is 0.106 e. The van der Waals surface area contributed by atoms with Gasteiger partial charge in [0.25, 0.3) is 0 Å². The van der Waals surface area contributed by atoms with Crippen LogP contribution in [0.5, 0.6) is 0 Å². The molecule has 2 aliphatic rings. The van der Waals surface area contributed by atoms with Crippen LogP contribution in [0.3, 0.4) is 0 Å². The summed E-state index contributed by atoms with van der Waals surface area (Å²) in [6, 6.07) is 11.6. The highest BCUT2D eigenvalue weighted by Gasteiger charge is 2.40. The van der Waals surface area contributed by atoms with Crippen molar-refractivity contribution in [1.82, 2.24) is 34.6 Å². The summed E-state index contributed by atoms with van der Waals surface area (Å²) in [5, 5.41) is 2.24. The van der Waals surface area contributed by atoms with Gasteiger partial charge in [0.05, 0.1) is 0 Å². The summed E-state index contributed by atoms with van der Waals surface area (Å²) >= 11 is 1.92. The number of nitrogens with one attached hydrogen (secondary N) is 2. The Kier molecular flexibility index (Phi) is 9.01. The Balaban J connectivity index is 0.965. The second-order valence-electron chi connectivity index (χ2n) is 12.6. The molecule has 2 fully saturated rings. The van der Waals surface area contributed by atoms with E-state index >= 15 is 0 Å². The molecule has 2 saturated heterocycles. The molecule has 0 atom stereocenters. The predicted molar refractivity (Wildman–Crippen MR) is 167 cm³/mol. The first kappa shape index (κ1) is 28.3. The molecule has 0 bridgehead atoms. The maximum atomic E-state index is 4.47. The maximum absolute atomic E-state index is 4.47. The van der Waals surface area contributed by atoms with Gasteiger partial charge in [-0.25, -0.2) is 9.97 Å². The van der Waals surface area contributed by atoms with E-state index in [1.165, 1.54) is 62.1 Å². The molecule has 4 aromatic rings. The summed E-state index contributed by atoms with van der Waals surface area (Å²) < 4.78 is 0. The molecule has 0 radical (unpaired) electrons. The first-order chi connectivity index (χ1) is 20.0. The van der Waals surface area contributed by atoms with E-state index in [2.05, 4.69) is 84.3 Å². The zero-order valence-corrected chi connectivity index (χ0v) is 25.5. The van der Waals surface area contributed by atoms with Gasteiger partial charge in [0, 0.05) is 75.2 Å². The number of imidazole rings is 2. The van der Waals surface area contributed by atoms with Gasteiger partial charge in [0.2, 0.25) is 0 Å². The number of hydrogen-bond acceptors (Lipinski definition) is 6. The summed E-state index contributed by atoms with van der Waals surface area (Å²) in [6.45, 7) is 11.4. The highest BCUT2D eigenvalue weighted by atomic mass is 32.1. The Morgan fingerprint density at radius 3 is 2.10 bits per heavy atom. The first-order valence-electron chi connectivity index (χ1n) is 15.2. The van der Waals surface area contributed by atoms with Crippen LogP contribution in [0.4, 0.5) is 0 Å². The molecule has 0 aliphatic carbocycles. The van der Waals surface area contributed by atoms with Gasteiger partial charge in [-0.3, -0.25) is 9.80 Å². The second kappa shape index (κ2) is 13.0. The highest BCUT2D eigenvalue weighted by Crippen LogP contribution is 2.41. The van der Waals surface area contributed by atoms with Gasteiger partial charge in [-0.2, -0.15) is 0 Å². The Bertz CT molecular complexity index is 1280. The van der Waals surface area contributed by atoms with Gasteiger partial charge in [-0.1, -0.05) is 24.3 Å². The number of nitrogens with zero attached hydrogens (tertiary/aromatic N) is 5. The topological polar surface area (TPSA) is 67.1 Å². The molecule has 0 unspecified atom stereocenters. The number of hydrogen-bond donors (Lipinski definition) is 2. The van der Waals surface area contributed by atoms with Crippen molar-refractivity contribution in [3.63, 3.8) is 0 Å². The van der Waals surface area contributed by atoms with Gasteiger partial charge >= 0.3 is 0 Å². The zero-order chi connectivity index (χ0) is 28.1. The van der Waals surface area contributed by atoms with Gasteiger partial charge in [-0.05, 0) is 92.3 Å². The fraction of sp³-hybridized carbons (Fsp3) is 0.515. The third-order valence-electron chi connectivity index (χ3n) is 9.29. The lowest BCUT2D eigenvalue weighted by atomic mass is 9.78. The van der Waals surface area contributed by atoms with E-state index < -0.39 is 0 Å². The van der Waals surface area contributed by atoms with Crippen LogP contribution in [0.2, 0.25) is 0 Å². The van der Waals surface area contributed by atoms with Crippen molar-refractivity contribution in [3.8, 4) is 0 Å². The van der Waals surface area contributed by atoms with Crippen LogP contribution in [0.15, 0.2) is 60.5 Å². The molecule has 8 heteroatoms. The van der Waals surface area contributed by atoms with Crippen molar-refractivity contribution in [3.05, 3.63) is 93.7 Å². The van der Waals surface area contributed by atoms with E-state index in [0.717, 1.165) is 50.7 Å². The average molecular weight is 572 g/mol. The van der Waals surface area contributed by atoms with E-state index in [4.69, 9.17) is 0 Å². The van der Waals surface area contributed by atoms with Gasteiger partial charge in [-0.15, -0.1) is 11.3 Å². The van der Waals surface area contributed by atoms with E-state index in [9.17, 15) is 0 Å². The van der Waals surface area contributed by atoms with E-state index in [-0.39, 0.29) is 0 Å². The van der Waals surface area contributed by atoms with Crippen molar-refractivity contribution in [2.45, 2.75) is 58.7 Å². The number of aromatic amines is 2. The Morgan fingerprint density at radius 1 is 0.878 bits per heavy atom. The molecule has 2 N–H and O–H groups in total. The summed E-state index contributed by atoms with van der Waals surface area (Å²) in [4.78, 5) is 24.8. The van der Waals surface area contributed by atoms with E-state index in [0.29, 0.717) is 11.3 Å². The minimum absolute atomic E-state index is 0.436. The van der Waals surface area contributed by atoms with Crippen LogP contribution in [0.1, 0.15) is 52.5 Å². The third kappa shape index (κ3) is 7.55. The van der Waals surface area contributed by atoms with Crippen molar-refractivity contribution in [2.75, 3.05) is 39.8 Å². The van der Waals surface area contributed by atoms with Crippen LogP contribution in [0, 0.1) is 18.3 Å². The number of thiophene rings is 1. The average Bonchev–Trinajstić information content (AvgIpc) is 3.78. The van der Waals surface area contributed by atoms with Gasteiger partial charge < -0.3 is 14.9 Å². The molecule has 218 valence electrons. The number of likely N-dealkylation sites (tertiary alicyclic amines) is 2. The third-order valence-corrected chi connectivity index (χ3v) is 10.3. The number of benzene rings is 1. The molecular weight excluding hydrogens is 526 g/mol. The molecule has 5 heterocycles. The van der Waals surface area contributed by atoms with Crippen LogP contribution >= 0.6 is 11.3 Å². The van der Waals surface area contributed by atoms with Crippen molar-refractivity contribution in [2.24, 2.45) is 11.3 Å². The number of rotatable bonds is 12. The second-order valence-corrected chi connectivity index (χ2v) is 13.6. The molecule has 3 aromatic heterocycles. The Labute approximate surface area is 249 Å². The Hall–Kier alpha value is -2.78. The molecule has 6 rings (SSSR count). The van der Waals surface area contributed by atoms with Crippen molar-refractivity contribution in [1.29, 1.82) is 0 Å². The van der Waals surface area contributed by atoms with Gasteiger partial charge in [0.15, 0.2) is 0 Å². The van der Waals surface area contributed by atoms with E-state index in [1.807, 2.05) is 36.1 Å². The summed E-state index contributed by atoms with van der Waals surface area (Å²) in [5.74, 6) is 2.52. The molecule has 2 aliphatic heterocycles. The van der Waals surface area contributed by atoms with Crippen molar-refractivity contribution >= 4 is 11.3 Å². The summed E-state index contributed by atoms with van der Waals surface area (Å²) in [7, 11) is 2.22. The number of aryl methyl sites for hydroxylation is 1. The lowest BCUT2D eigenvalue weighted by Crippen LogP contribution is -2.41. The zero-order valence-electron chi connectivity index (χ0n) is 24.7. The Morgan fingerprint density at radius 2 is 1.51 bits per heavy atom. The largest absolute Gasteiger partial charge is 0.349 e. The lowest BCUT2D eigenvalue weighted by molar-refractivity contribution is 0.102. The molecule has 7 nitrogen and oxygen atoms in total. The van der Waals surface area contributed by atoms with Gasteiger partial charge in [0.1, 0.15) is 11.6 Å². The molecular formula is C33H45N7S. The highest BCUT2D eigenvalue weighted by molar-refractivity contribution is 7.10. The smallest absolute Gasteiger partial charge is 0.106 e. The van der Waals surface area contributed by atoms with E-state index in [1.54, 1.807) is 4.88 Å². The number of H-pyrrole nitrogens is 2. The summed E-state index contributed by atoms with van der Waals surface area (Å²) in [5.41, 5.74) is 4.80. The van der Waals surface area contributed by atoms with Crippen LogP contribution in [-0.2, 0) is 32.5 Å². The molecule has 0 amide bonds. The standard InChI is InChI=1S/C33H45N7S/c1-26-7-18-41-30(26)24-39-15-8-33(9-16-39)10-17-40(25-33)23-28-5-3-27(4-6-28)21-38(2)22-29(19-31-34-11-12-35-31)20-32-36-13-14-37-32/h3-7,11-14,18,29H,8-10,15-17,19-25H2,1-2H3,(H,34,35)(H,36,37). The van der Waals surface area contributed by atoms with Crippen LogP contribution in [0.25, 0.3) is 0 Å². The quantitative estimate of drug-likeness (QED) is 0.234. The lowest BCUT2D eigenvalue weighted by Gasteiger charge is -2.39. The van der Waals surface area contributed by atoms with Crippen LogP contribution < -0.4 is 0 Å². The fourth-order valence-corrected chi connectivity index (χ4v) is 7.87. The SMILES string of the molecule is Cc1ccsc1CN1CCC2(CC1)CCN(Cc1ccc(CN(C)CC(Cc3ncc[nH]3)Cc3ncc[nH]3)cc1)C2. The monoisotopic (exact) mass is 571 g/mol. The normalized spacial score (nSPS) is 17.9. The van der Waals surface area contributed by atoms with Crippen molar-refractivity contribution < 1.29 is 0 Å². The molecule has 0 saturated carbocycles. The number of piperidine rings is 1. The molecule has 41 heavy (non-hydrogen) atoms. The summed E-state index contributed by atoms with van der Waals surface area (Å²) in [6.07, 6.45) is 13.4. The number of aromatic nitrogens is 4.